The van der Waals surface area contributed by atoms with Crippen molar-refractivity contribution < 1.29 is 9.53 Å². The van der Waals surface area contributed by atoms with E-state index in [1.165, 1.54) is 52.1 Å². The Bertz CT molecular complexity index is 234. The highest BCUT2D eigenvalue weighted by molar-refractivity contribution is 5.71. The van der Waals surface area contributed by atoms with Crippen molar-refractivity contribution in [3.8, 4) is 0 Å². The Labute approximate surface area is 91.6 Å². The van der Waals surface area contributed by atoms with Crippen molar-refractivity contribution in [3.05, 3.63) is 0 Å². The molecule has 0 aromatic rings. The molecule has 2 saturated carbocycles. The maximum absolute atomic E-state index is 11.0. The Morgan fingerprint density at radius 3 is 2.60 bits per heavy atom. The molecule has 0 aliphatic heterocycles. The van der Waals surface area contributed by atoms with Crippen molar-refractivity contribution in [1.29, 1.82) is 0 Å². The average Bonchev–Trinajstić information content (AvgIpc) is 2.28. The van der Waals surface area contributed by atoms with Crippen molar-refractivity contribution in [3.63, 3.8) is 0 Å². The van der Waals surface area contributed by atoms with Crippen LogP contribution in [0.4, 0.5) is 0 Å². The van der Waals surface area contributed by atoms with Gasteiger partial charge in [0, 0.05) is 6.04 Å². The van der Waals surface area contributed by atoms with Gasteiger partial charge in [0.15, 0.2) is 0 Å². The molecule has 0 amide bonds. The summed E-state index contributed by atoms with van der Waals surface area (Å²) in [6, 6.07) is 0.567. The molecule has 0 aromatic carbocycles. The van der Waals surface area contributed by atoms with E-state index in [1.54, 1.807) is 0 Å². The fourth-order valence-corrected chi connectivity index (χ4v) is 3.15. The fourth-order valence-electron chi connectivity index (χ4n) is 3.15. The monoisotopic (exact) mass is 211 g/mol. The first kappa shape index (κ1) is 10.9. The molecular weight excluding hydrogens is 190 g/mol. The van der Waals surface area contributed by atoms with Crippen LogP contribution in [0.25, 0.3) is 0 Å². The lowest BCUT2D eigenvalue weighted by molar-refractivity contribution is -0.140. The zero-order valence-electron chi connectivity index (χ0n) is 9.55. The molecule has 0 saturated heterocycles. The fraction of sp³-hybridized carbons (Fsp3) is 0.917. The number of rotatable bonds is 3. The zero-order chi connectivity index (χ0) is 10.7. The lowest BCUT2D eigenvalue weighted by Crippen LogP contribution is -2.55. The third-order valence-corrected chi connectivity index (χ3v) is 4.24. The van der Waals surface area contributed by atoms with Gasteiger partial charge >= 0.3 is 5.97 Å². The lowest BCUT2D eigenvalue weighted by Gasteiger charge is -2.52. The lowest BCUT2D eigenvalue weighted by atomic mass is 9.57. The van der Waals surface area contributed by atoms with Crippen molar-refractivity contribution in [2.45, 2.75) is 51.0 Å². The van der Waals surface area contributed by atoms with Crippen molar-refractivity contribution >= 4 is 5.97 Å². The highest BCUT2D eigenvalue weighted by Gasteiger charge is 2.46. The predicted molar refractivity (Wildman–Crippen MR) is 58.6 cm³/mol. The molecule has 1 spiro atoms. The maximum atomic E-state index is 11.0. The normalized spacial score (nSPS) is 28.5. The third-order valence-electron chi connectivity index (χ3n) is 4.24. The van der Waals surface area contributed by atoms with Crippen LogP contribution in [0.2, 0.25) is 0 Å². The molecule has 3 heteroatoms. The molecule has 3 nitrogen and oxygen atoms in total. The van der Waals surface area contributed by atoms with E-state index in [0.717, 1.165) is 0 Å². The molecule has 0 radical (unpaired) electrons. The smallest absolute Gasteiger partial charge is 0.319 e. The number of hydrogen-bond acceptors (Lipinski definition) is 3. The Kier molecular flexibility index (Phi) is 3.29. The van der Waals surface area contributed by atoms with Crippen LogP contribution in [-0.2, 0) is 9.53 Å². The topological polar surface area (TPSA) is 38.3 Å². The molecule has 0 bridgehead atoms. The molecule has 1 N–H and O–H groups in total. The molecule has 15 heavy (non-hydrogen) atoms. The molecule has 86 valence electrons. The van der Waals surface area contributed by atoms with Crippen molar-refractivity contribution in [1.82, 2.24) is 5.32 Å². The van der Waals surface area contributed by atoms with Gasteiger partial charge in [0.05, 0.1) is 13.7 Å². The number of carbonyl (C=O) groups excluding carboxylic acids is 1. The standard InChI is InChI=1S/C12H21NO2/c1-15-11(14)9-13-10-5-8-12(10)6-3-2-4-7-12/h10,13H,2-9H2,1H3. The minimum Gasteiger partial charge on any atom is -0.468 e. The Balaban J connectivity index is 1.80. The summed E-state index contributed by atoms with van der Waals surface area (Å²) >= 11 is 0. The van der Waals surface area contributed by atoms with Gasteiger partial charge in [0.25, 0.3) is 0 Å². The van der Waals surface area contributed by atoms with Gasteiger partial charge in [-0.2, -0.15) is 0 Å². The summed E-state index contributed by atoms with van der Waals surface area (Å²) in [5.74, 6) is -0.146. The number of carbonyl (C=O) groups is 1. The van der Waals surface area contributed by atoms with Gasteiger partial charge < -0.3 is 10.1 Å². The van der Waals surface area contributed by atoms with E-state index in [4.69, 9.17) is 0 Å². The molecule has 1 unspecified atom stereocenters. The van der Waals surface area contributed by atoms with Crippen LogP contribution in [-0.4, -0.2) is 25.7 Å². The maximum Gasteiger partial charge on any atom is 0.319 e. The first-order chi connectivity index (χ1) is 7.27. The van der Waals surface area contributed by atoms with E-state index in [2.05, 4.69) is 10.1 Å². The summed E-state index contributed by atoms with van der Waals surface area (Å²) in [5.41, 5.74) is 0.534. The second-order valence-electron chi connectivity index (χ2n) is 4.97. The Morgan fingerprint density at radius 1 is 1.33 bits per heavy atom. The summed E-state index contributed by atoms with van der Waals surface area (Å²) in [6.45, 7) is 0.378. The van der Waals surface area contributed by atoms with Crippen LogP contribution < -0.4 is 5.32 Å². The predicted octanol–water partition coefficient (Wildman–Crippen LogP) is 1.86. The second-order valence-corrected chi connectivity index (χ2v) is 4.97. The molecule has 2 fully saturated rings. The summed E-state index contributed by atoms with van der Waals surface area (Å²) in [7, 11) is 1.45. The van der Waals surface area contributed by atoms with E-state index >= 15 is 0 Å². The SMILES string of the molecule is COC(=O)CNC1CCC12CCCCC2. The number of esters is 1. The van der Waals surface area contributed by atoms with Crippen LogP contribution >= 0.6 is 0 Å². The Morgan fingerprint density at radius 2 is 2.07 bits per heavy atom. The summed E-state index contributed by atoms with van der Waals surface area (Å²) in [5, 5.41) is 3.36. The largest absolute Gasteiger partial charge is 0.468 e. The highest BCUT2D eigenvalue weighted by atomic mass is 16.5. The van der Waals surface area contributed by atoms with Crippen LogP contribution in [0, 0.1) is 5.41 Å². The quantitative estimate of drug-likeness (QED) is 0.724. The van der Waals surface area contributed by atoms with E-state index < -0.39 is 0 Å². The molecule has 1 atom stereocenters. The van der Waals surface area contributed by atoms with Gasteiger partial charge in [0.2, 0.25) is 0 Å². The summed E-state index contributed by atoms with van der Waals surface area (Å²) in [6.07, 6.45) is 9.43. The molecule has 0 aromatic heterocycles. The third kappa shape index (κ3) is 2.17. The minimum absolute atomic E-state index is 0.146. The van der Waals surface area contributed by atoms with Crippen molar-refractivity contribution in [2.75, 3.05) is 13.7 Å². The van der Waals surface area contributed by atoms with Crippen LogP contribution in [0.15, 0.2) is 0 Å². The van der Waals surface area contributed by atoms with E-state index in [0.29, 0.717) is 18.0 Å². The van der Waals surface area contributed by atoms with E-state index in [1.807, 2.05) is 0 Å². The van der Waals surface area contributed by atoms with Gasteiger partial charge in [-0.3, -0.25) is 4.79 Å². The number of nitrogens with one attached hydrogen (secondary N) is 1. The number of ether oxygens (including phenoxy) is 1. The Hall–Kier alpha value is -0.570. The number of hydrogen-bond donors (Lipinski definition) is 1. The van der Waals surface area contributed by atoms with E-state index in [-0.39, 0.29) is 5.97 Å². The summed E-state index contributed by atoms with van der Waals surface area (Å²) < 4.78 is 4.64. The highest BCUT2D eigenvalue weighted by Crippen LogP contribution is 2.51. The van der Waals surface area contributed by atoms with Gasteiger partial charge in [-0.05, 0) is 31.1 Å². The van der Waals surface area contributed by atoms with Crippen LogP contribution in [0.5, 0.6) is 0 Å². The van der Waals surface area contributed by atoms with E-state index in [9.17, 15) is 4.79 Å². The van der Waals surface area contributed by atoms with Gasteiger partial charge in [-0.1, -0.05) is 19.3 Å². The second kappa shape index (κ2) is 4.52. The van der Waals surface area contributed by atoms with Gasteiger partial charge in [-0.15, -0.1) is 0 Å². The van der Waals surface area contributed by atoms with Crippen LogP contribution in [0.1, 0.15) is 44.9 Å². The molecule has 0 heterocycles. The van der Waals surface area contributed by atoms with Crippen molar-refractivity contribution in [2.24, 2.45) is 5.41 Å². The molecule has 2 aliphatic carbocycles. The first-order valence-corrected chi connectivity index (χ1v) is 6.07. The molecular formula is C12H21NO2. The van der Waals surface area contributed by atoms with Gasteiger partial charge in [-0.25, -0.2) is 0 Å². The summed E-state index contributed by atoms with van der Waals surface area (Å²) in [4.78, 5) is 11.0. The number of methoxy groups -OCH3 is 1. The minimum atomic E-state index is -0.146. The molecule has 2 aliphatic rings. The first-order valence-electron chi connectivity index (χ1n) is 6.07. The van der Waals surface area contributed by atoms with Crippen LogP contribution in [0.3, 0.4) is 0 Å². The van der Waals surface area contributed by atoms with Gasteiger partial charge in [0.1, 0.15) is 0 Å². The average molecular weight is 211 g/mol. The molecule has 2 rings (SSSR count). The zero-order valence-corrected chi connectivity index (χ0v) is 9.55.